The summed E-state index contributed by atoms with van der Waals surface area (Å²) in [6.07, 6.45) is 0. The fraction of sp³-hybridized carbons (Fsp3) is 0.150. The average Bonchev–Trinajstić information content (AvgIpc) is 2.58. The molecule has 24 heavy (non-hydrogen) atoms. The molecule has 0 aromatic heterocycles. The number of nitrogens with one attached hydrogen (secondary N) is 1. The zero-order valence-corrected chi connectivity index (χ0v) is 13.5. The molecule has 0 bridgehead atoms. The Balaban J connectivity index is 1.60. The Morgan fingerprint density at radius 3 is 2.54 bits per heavy atom. The van der Waals surface area contributed by atoms with E-state index in [4.69, 9.17) is 4.74 Å². The number of fused-ring (bicyclic) bond motifs is 1. The molecule has 0 aliphatic carbocycles. The number of benzene rings is 3. The van der Waals surface area contributed by atoms with Crippen LogP contribution in [0.15, 0.2) is 60.7 Å². The van der Waals surface area contributed by atoms with Gasteiger partial charge in [-0.25, -0.2) is 0 Å². The molecule has 122 valence electrons. The molecule has 2 N–H and O–H groups in total. The molecule has 0 atom stereocenters. The molecule has 0 saturated carbocycles. The fourth-order valence-electron chi connectivity index (χ4n) is 2.54. The van der Waals surface area contributed by atoms with E-state index in [1.165, 1.54) is 0 Å². The lowest BCUT2D eigenvalue weighted by atomic mass is 10.1. The smallest absolute Gasteiger partial charge is 0.255 e. The maximum Gasteiger partial charge on any atom is 0.255 e. The largest absolute Gasteiger partial charge is 0.507 e. The monoisotopic (exact) mass is 321 g/mol. The molecule has 0 unspecified atom stereocenters. The second-order valence-corrected chi connectivity index (χ2v) is 5.64. The van der Waals surface area contributed by atoms with Crippen LogP contribution in [0.25, 0.3) is 10.8 Å². The van der Waals surface area contributed by atoms with Gasteiger partial charge in [-0.2, -0.15) is 0 Å². The van der Waals surface area contributed by atoms with Crippen molar-refractivity contribution in [2.24, 2.45) is 0 Å². The third kappa shape index (κ3) is 3.66. The summed E-state index contributed by atoms with van der Waals surface area (Å²) in [4.78, 5) is 12.2. The molecule has 0 radical (unpaired) electrons. The van der Waals surface area contributed by atoms with Crippen LogP contribution < -0.4 is 10.1 Å². The van der Waals surface area contributed by atoms with Gasteiger partial charge in [0, 0.05) is 0 Å². The first-order valence-corrected chi connectivity index (χ1v) is 7.83. The second-order valence-electron chi connectivity index (χ2n) is 5.64. The van der Waals surface area contributed by atoms with Crippen molar-refractivity contribution in [3.8, 4) is 11.5 Å². The SMILES string of the molecule is Cc1cccc(OCCNC(=O)c2cc3ccccc3cc2O)c1. The van der Waals surface area contributed by atoms with E-state index in [0.717, 1.165) is 22.1 Å². The fourth-order valence-corrected chi connectivity index (χ4v) is 2.54. The zero-order valence-electron chi connectivity index (χ0n) is 13.5. The quantitative estimate of drug-likeness (QED) is 0.705. The van der Waals surface area contributed by atoms with Gasteiger partial charge in [0.05, 0.1) is 12.1 Å². The normalized spacial score (nSPS) is 10.5. The second kappa shape index (κ2) is 7.04. The molecule has 0 saturated heterocycles. The van der Waals surface area contributed by atoms with E-state index in [2.05, 4.69) is 5.32 Å². The first-order valence-electron chi connectivity index (χ1n) is 7.83. The molecule has 0 fully saturated rings. The van der Waals surface area contributed by atoms with Crippen molar-refractivity contribution >= 4 is 16.7 Å². The van der Waals surface area contributed by atoms with Crippen molar-refractivity contribution in [3.05, 3.63) is 71.8 Å². The number of aryl methyl sites for hydroxylation is 1. The lowest BCUT2D eigenvalue weighted by Crippen LogP contribution is -2.28. The summed E-state index contributed by atoms with van der Waals surface area (Å²) in [5, 5.41) is 14.6. The zero-order chi connectivity index (χ0) is 16.9. The number of rotatable bonds is 5. The van der Waals surface area contributed by atoms with E-state index >= 15 is 0 Å². The highest BCUT2D eigenvalue weighted by atomic mass is 16.5. The van der Waals surface area contributed by atoms with Gasteiger partial charge in [-0.1, -0.05) is 36.4 Å². The Kier molecular flexibility index (Phi) is 4.66. The molecule has 4 heteroatoms. The van der Waals surface area contributed by atoms with Crippen LogP contribution in [0.3, 0.4) is 0 Å². The summed E-state index contributed by atoms with van der Waals surface area (Å²) in [7, 11) is 0. The number of hydrogen-bond donors (Lipinski definition) is 2. The van der Waals surface area contributed by atoms with Crippen molar-refractivity contribution in [2.75, 3.05) is 13.2 Å². The lowest BCUT2D eigenvalue weighted by molar-refractivity contribution is 0.0944. The van der Waals surface area contributed by atoms with E-state index in [0.29, 0.717) is 13.2 Å². The maximum atomic E-state index is 12.2. The predicted octanol–water partition coefficient (Wildman–Crippen LogP) is 3.66. The van der Waals surface area contributed by atoms with Crippen LogP contribution in [-0.2, 0) is 0 Å². The summed E-state index contributed by atoms with van der Waals surface area (Å²) in [5.74, 6) is 0.440. The van der Waals surface area contributed by atoms with Gasteiger partial charge < -0.3 is 15.2 Å². The molecule has 0 heterocycles. The highest BCUT2D eigenvalue weighted by molar-refractivity contribution is 6.01. The Hall–Kier alpha value is -3.01. The minimum absolute atomic E-state index is 0.0224. The molecule has 0 aliphatic rings. The molecule has 0 aliphatic heterocycles. The number of hydrogen-bond acceptors (Lipinski definition) is 3. The van der Waals surface area contributed by atoms with E-state index in [-0.39, 0.29) is 17.2 Å². The van der Waals surface area contributed by atoms with Gasteiger partial charge in [0.2, 0.25) is 0 Å². The van der Waals surface area contributed by atoms with Gasteiger partial charge in [-0.05, 0) is 47.5 Å². The van der Waals surface area contributed by atoms with Crippen molar-refractivity contribution in [1.29, 1.82) is 0 Å². The van der Waals surface area contributed by atoms with Crippen LogP contribution in [0, 0.1) is 6.92 Å². The Bertz CT molecular complexity index is 874. The predicted molar refractivity (Wildman–Crippen MR) is 94.6 cm³/mol. The van der Waals surface area contributed by atoms with Crippen molar-refractivity contribution < 1.29 is 14.6 Å². The first-order chi connectivity index (χ1) is 11.6. The van der Waals surface area contributed by atoms with Gasteiger partial charge in [-0.15, -0.1) is 0 Å². The lowest BCUT2D eigenvalue weighted by Gasteiger charge is -2.10. The Morgan fingerprint density at radius 1 is 1.04 bits per heavy atom. The molecule has 3 aromatic rings. The topological polar surface area (TPSA) is 58.6 Å². The van der Waals surface area contributed by atoms with Gasteiger partial charge in [-0.3, -0.25) is 4.79 Å². The first kappa shape index (κ1) is 15.9. The standard InChI is InChI=1S/C20H19NO3/c1-14-5-4-8-17(11-14)24-10-9-21-20(23)18-12-15-6-2-3-7-16(15)13-19(18)22/h2-8,11-13,22H,9-10H2,1H3,(H,21,23). The molecular formula is C20H19NO3. The van der Waals surface area contributed by atoms with Crippen LogP contribution in [0.5, 0.6) is 11.5 Å². The van der Waals surface area contributed by atoms with E-state index in [9.17, 15) is 9.90 Å². The third-order valence-electron chi connectivity index (χ3n) is 3.75. The summed E-state index contributed by atoms with van der Waals surface area (Å²) < 4.78 is 5.60. The number of phenols is 1. The number of carbonyl (C=O) groups is 1. The third-order valence-corrected chi connectivity index (χ3v) is 3.75. The van der Waals surface area contributed by atoms with Crippen molar-refractivity contribution in [1.82, 2.24) is 5.32 Å². The Labute approximate surface area is 140 Å². The summed E-state index contributed by atoms with van der Waals surface area (Å²) in [6, 6.07) is 18.6. The minimum atomic E-state index is -0.314. The molecular weight excluding hydrogens is 302 g/mol. The molecule has 3 rings (SSSR count). The molecule has 0 spiro atoms. The number of phenolic OH excluding ortho intramolecular Hbond substituents is 1. The minimum Gasteiger partial charge on any atom is -0.507 e. The number of amides is 1. The van der Waals surface area contributed by atoms with Crippen LogP contribution in [0.4, 0.5) is 0 Å². The van der Waals surface area contributed by atoms with Gasteiger partial charge in [0.25, 0.3) is 5.91 Å². The summed E-state index contributed by atoms with van der Waals surface area (Å²) in [5.41, 5.74) is 1.39. The maximum absolute atomic E-state index is 12.2. The molecule has 4 nitrogen and oxygen atoms in total. The van der Waals surface area contributed by atoms with Crippen LogP contribution in [0.2, 0.25) is 0 Å². The number of ether oxygens (including phenoxy) is 1. The number of aromatic hydroxyl groups is 1. The van der Waals surface area contributed by atoms with Crippen molar-refractivity contribution in [2.45, 2.75) is 6.92 Å². The highest BCUT2D eigenvalue weighted by Crippen LogP contribution is 2.24. The van der Waals surface area contributed by atoms with Gasteiger partial charge >= 0.3 is 0 Å². The van der Waals surface area contributed by atoms with Crippen LogP contribution in [-0.4, -0.2) is 24.2 Å². The number of carbonyl (C=O) groups excluding carboxylic acids is 1. The van der Waals surface area contributed by atoms with Gasteiger partial charge in [0.1, 0.15) is 18.1 Å². The van der Waals surface area contributed by atoms with Gasteiger partial charge in [0.15, 0.2) is 0 Å². The van der Waals surface area contributed by atoms with Crippen molar-refractivity contribution in [3.63, 3.8) is 0 Å². The molecule has 1 amide bonds. The van der Waals surface area contributed by atoms with E-state index < -0.39 is 0 Å². The van der Waals surface area contributed by atoms with Crippen LogP contribution in [0.1, 0.15) is 15.9 Å². The summed E-state index contributed by atoms with van der Waals surface area (Å²) >= 11 is 0. The Morgan fingerprint density at radius 2 is 1.79 bits per heavy atom. The average molecular weight is 321 g/mol. The summed E-state index contributed by atoms with van der Waals surface area (Å²) in [6.45, 7) is 2.72. The van der Waals surface area contributed by atoms with Crippen LogP contribution >= 0.6 is 0 Å². The van der Waals surface area contributed by atoms with E-state index in [1.54, 1.807) is 12.1 Å². The van der Waals surface area contributed by atoms with E-state index in [1.807, 2.05) is 55.5 Å². The highest BCUT2D eigenvalue weighted by Gasteiger charge is 2.12. The molecule has 3 aromatic carbocycles.